The van der Waals surface area contributed by atoms with Gasteiger partial charge in [0.15, 0.2) is 22.9 Å². The number of benzene rings is 2. The van der Waals surface area contributed by atoms with Gasteiger partial charge in [0.25, 0.3) is 0 Å². The Morgan fingerprint density at radius 3 is 2.80 bits per heavy atom. The lowest BCUT2D eigenvalue weighted by Crippen LogP contribution is -2.80. The Hall–Kier alpha value is -2.81. The minimum atomic E-state index is -0.971. The van der Waals surface area contributed by atoms with Crippen molar-refractivity contribution >= 4 is 5.78 Å². The van der Waals surface area contributed by atoms with Crippen LogP contribution in [0.5, 0.6) is 11.5 Å². The first-order chi connectivity index (χ1) is 17.0. The maximum absolute atomic E-state index is 13.6. The van der Waals surface area contributed by atoms with E-state index in [0.29, 0.717) is 24.5 Å². The molecule has 0 N–H and O–H groups in total. The highest BCUT2D eigenvalue weighted by atomic mass is 16.5. The Labute approximate surface area is 207 Å². The number of hydrogen-bond donors (Lipinski definition) is 0. The highest BCUT2D eigenvalue weighted by molar-refractivity contribution is 5.94. The summed E-state index contributed by atoms with van der Waals surface area (Å²) >= 11 is 0. The lowest BCUT2D eigenvalue weighted by atomic mass is 9.45. The van der Waals surface area contributed by atoms with Gasteiger partial charge in [0.1, 0.15) is 6.11 Å². The van der Waals surface area contributed by atoms with Crippen LogP contribution >= 0.6 is 0 Å². The minimum absolute atomic E-state index is 0.167. The molecule has 2 aromatic carbocycles. The maximum Gasteiger partial charge on any atom is 0.182 e. The van der Waals surface area contributed by atoms with Gasteiger partial charge in [0.05, 0.1) is 11.0 Å². The van der Waals surface area contributed by atoms with Crippen molar-refractivity contribution in [3.8, 4) is 23.5 Å². The lowest BCUT2D eigenvalue weighted by molar-refractivity contribution is -0.228. The number of aryl methyl sites for hydroxylation is 1. The van der Waals surface area contributed by atoms with Crippen molar-refractivity contribution in [2.45, 2.75) is 75.0 Å². The Bertz CT molecular complexity index is 1230. The van der Waals surface area contributed by atoms with Gasteiger partial charge in [-0.15, -0.1) is 0 Å². The molecule has 2 heterocycles. The van der Waals surface area contributed by atoms with E-state index in [4.69, 9.17) is 14.2 Å². The first-order valence-corrected chi connectivity index (χ1v) is 12.8. The van der Waals surface area contributed by atoms with Gasteiger partial charge >= 0.3 is 0 Å². The number of likely N-dealkylation sites (N-methyl/N-ethyl adjacent to an activating group) is 1. The second-order valence-corrected chi connectivity index (χ2v) is 10.6. The predicted molar refractivity (Wildman–Crippen MR) is 134 cm³/mol. The average Bonchev–Trinajstić information content (AvgIpc) is 3.15. The van der Waals surface area contributed by atoms with Crippen LogP contribution in [0.15, 0.2) is 42.5 Å². The molecule has 1 saturated carbocycles. The molecule has 182 valence electrons. The normalized spacial score (nSPS) is 32.3. The Kier molecular flexibility index (Phi) is 5.25. The molecule has 1 unspecified atom stereocenters. The molecule has 5 nitrogen and oxygen atoms in total. The van der Waals surface area contributed by atoms with E-state index in [0.717, 1.165) is 44.2 Å². The largest absolute Gasteiger partial charge is 0.474 e. The molecule has 4 atom stereocenters. The fourth-order valence-electron chi connectivity index (χ4n) is 7.60. The van der Waals surface area contributed by atoms with Gasteiger partial charge in [-0.1, -0.05) is 42.3 Å². The summed E-state index contributed by atoms with van der Waals surface area (Å²) < 4.78 is 19.6. The van der Waals surface area contributed by atoms with Crippen LogP contribution in [0.1, 0.15) is 56.2 Å². The highest BCUT2D eigenvalue weighted by Crippen LogP contribution is 2.69. The zero-order valence-electron chi connectivity index (χ0n) is 20.9. The summed E-state index contributed by atoms with van der Waals surface area (Å²) in [5.74, 6) is 4.27. The molecule has 0 aromatic heterocycles. The molecule has 1 spiro atoms. The Balaban J connectivity index is 1.44. The molecule has 0 radical (unpaired) electrons. The van der Waals surface area contributed by atoms with E-state index in [-0.39, 0.29) is 11.8 Å². The molecule has 2 bridgehead atoms. The van der Waals surface area contributed by atoms with Gasteiger partial charge in [-0.05, 0) is 69.8 Å². The van der Waals surface area contributed by atoms with E-state index in [1.807, 2.05) is 13.0 Å². The van der Waals surface area contributed by atoms with Crippen LogP contribution in [0, 0.1) is 12.0 Å². The minimum Gasteiger partial charge on any atom is -0.474 e. The van der Waals surface area contributed by atoms with E-state index in [1.165, 1.54) is 11.1 Å². The van der Waals surface area contributed by atoms with Gasteiger partial charge in [0, 0.05) is 31.6 Å². The monoisotopic (exact) mass is 471 g/mol. The third-order valence-electron chi connectivity index (χ3n) is 9.13. The zero-order valence-corrected chi connectivity index (χ0v) is 20.9. The second-order valence-electron chi connectivity index (χ2n) is 10.6. The molecule has 2 aliphatic heterocycles. The Morgan fingerprint density at radius 2 is 2.00 bits per heavy atom. The molecule has 4 aliphatic rings. The molecular weight excluding hydrogens is 438 g/mol. The van der Waals surface area contributed by atoms with E-state index in [1.54, 1.807) is 6.92 Å². The van der Waals surface area contributed by atoms with Gasteiger partial charge in [-0.2, -0.15) is 0 Å². The van der Waals surface area contributed by atoms with Crippen LogP contribution in [0.3, 0.4) is 0 Å². The molecule has 2 aromatic rings. The van der Waals surface area contributed by atoms with E-state index in [2.05, 4.69) is 60.4 Å². The summed E-state index contributed by atoms with van der Waals surface area (Å²) in [5.41, 5.74) is 1.73. The van der Waals surface area contributed by atoms with Crippen LogP contribution in [-0.4, -0.2) is 48.1 Å². The van der Waals surface area contributed by atoms with Crippen molar-refractivity contribution in [3.63, 3.8) is 0 Å². The zero-order chi connectivity index (χ0) is 24.3. The van der Waals surface area contributed by atoms with Crippen LogP contribution in [-0.2, 0) is 27.8 Å². The maximum atomic E-state index is 13.6. The lowest BCUT2D eigenvalue weighted by Gasteiger charge is -2.66. The summed E-state index contributed by atoms with van der Waals surface area (Å²) in [6, 6.07) is 14.9. The van der Waals surface area contributed by atoms with Crippen LogP contribution < -0.4 is 9.47 Å². The van der Waals surface area contributed by atoms with Crippen LogP contribution in [0.25, 0.3) is 0 Å². The number of carbonyl (C=O) groups is 1. The number of ether oxygens (including phenoxy) is 3. The Morgan fingerprint density at radius 1 is 1.17 bits per heavy atom. The van der Waals surface area contributed by atoms with Crippen molar-refractivity contribution in [1.29, 1.82) is 0 Å². The van der Waals surface area contributed by atoms with Crippen molar-refractivity contribution in [3.05, 3.63) is 59.2 Å². The van der Waals surface area contributed by atoms with Crippen LogP contribution in [0.2, 0.25) is 0 Å². The molecule has 0 amide bonds. The van der Waals surface area contributed by atoms with Gasteiger partial charge < -0.3 is 19.1 Å². The summed E-state index contributed by atoms with van der Waals surface area (Å²) in [4.78, 5) is 16.1. The topological polar surface area (TPSA) is 48.0 Å². The molecular formula is C30H33NO4. The number of piperidine rings is 1. The summed E-state index contributed by atoms with van der Waals surface area (Å²) in [6.07, 6.45) is 7.54. The van der Waals surface area contributed by atoms with Gasteiger partial charge in [-0.25, -0.2) is 0 Å². The van der Waals surface area contributed by atoms with E-state index < -0.39 is 16.6 Å². The second kappa shape index (κ2) is 8.11. The van der Waals surface area contributed by atoms with Crippen molar-refractivity contribution < 1.29 is 19.0 Å². The predicted octanol–water partition coefficient (Wildman–Crippen LogP) is 4.45. The standard InChI is InChI=1S/C30H33NO4/c1-4-18-33-23-13-12-22-20-24-30(34-19-8-11-21-9-6-5-7-10-21)15-14-25(32)28(2)29(30,16-17-31(24)3)26(22)27(23)35-28/h5-7,9-10,12-13,24H,8,11,14-17,19-20H2,1-3H3/t24?,28-,29-,30+/m0/s1. The number of Topliss-reactive ketones (excluding diaryl/α,β-unsaturated/α-hetero) is 1. The van der Waals surface area contributed by atoms with Gasteiger partial charge in [0.2, 0.25) is 0 Å². The number of nitrogens with zero attached hydrogens (tertiary/aromatic N) is 1. The molecule has 35 heavy (non-hydrogen) atoms. The van der Waals surface area contributed by atoms with Crippen molar-refractivity contribution in [1.82, 2.24) is 4.90 Å². The fraction of sp³-hybridized carbons (Fsp3) is 0.500. The molecule has 2 fully saturated rings. The molecule has 5 heteroatoms. The number of hydrogen-bond acceptors (Lipinski definition) is 5. The highest BCUT2D eigenvalue weighted by Gasteiger charge is 2.78. The molecule has 2 aliphatic carbocycles. The number of rotatable bonds is 6. The molecule has 1 saturated heterocycles. The summed E-state index contributed by atoms with van der Waals surface area (Å²) in [6.45, 7) is 5.32. The van der Waals surface area contributed by atoms with Crippen LogP contribution in [0.4, 0.5) is 0 Å². The quantitative estimate of drug-likeness (QED) is 0.460. The third kappa shape index (κ3) is 2.93. The van der Waals surface area contributed by atoms with Crippen molar-refractivity contribution in [2.24, 2.45) is 0 Å². The molecule has 6 rings (SSSR count). The summed E-state index contributed by atoms with van der Waals surface area (Å²) in [7, 11) is 2.20. The van der Waals surface area contributed by atoms with E-state index in [9.17, 15) is 4.79 Å². The van der Waals surface area contributed by atoms with Gasteiger partial charge in [-0.3, -0.25) is 4.79 Å². The van der Waals surface area contributed by atoms with E-state index >= 15 is 0 Å². The fourth-order valence-corrected chi connectivity index (χ4v) is 7.60. The first kappa shape index (κ1) is 22.6. The number of carbonyl (C=O) groups excluding carboxylic acids is 1. The average molecular weight is 472 g/mol. The smallest absolute Gasteiger partial charge is 0.182 e. The summed E-state index contributed by atoms with van der Waals surface area (Å²) in [5, 5.41) is 0. The number of ketones is 1. The van der Waals surface area contributed by atoms with Crippen molar-refractivity contribution in [2.75, 3.05) is 20.2 Å². The third-order valence-corrected chi connectivity index (χ3v) is 9.13. The number of likely N-dealkylation sites (tertiary alicyclic amines) is 1. The first-order valence-electron chi connectivity index (χ1n) is 12.8. The SMILES string of the molecule is CC#COc1ccc2c3c1O[C@@]1(C)C(=O)CC[C@@]4(OCCCc5ccccc5)C(C2)N(C)CC[C@]314.